The molecule has 1 aliphatic rings. The number of nitrogens with zero attached hydrogens (tertiary/aromatic N) is 2. The molecule has 1 fully saturated rings. The van der Waals surface area contributed by atoms with Gasteiger partial charge >= 0.3 is 5.97 Å². The maximum atomic E-state index is 12.6. The highest BCUT2D eigenvalue weighted by Gasteiger charge is 2.41. The highest BCUT2D eigenvalue weighted by Crippen LogP contribution is 2.29. The molecule has 2 atom stereocenters. The number of aliphatic carboxylic acids is 1. The van der Waals surface area contributed by atoms with Crippen LogP contribution in [0.3, 0.4) is 0 Å². The van der Waals surface area contributed by atoms with E-state index in [9.17, 15) is 18.3 Å². The van der Waals surface area contributed by atoms with Crippen molar-refractivity contribution in [2.75, 3.05) is 6.54 Å². The van der Waals surface area contributed by atoms with Crippen molar-refractivity contribution in [2.24, 2.45) is 5.92 Å². The Bertz CT molecular complexity index is 676. The van der Waals surface area contributed by atoms with E-state index in [1.54, 1.807) is 6.92 Å². The number of rotatable bonds is 3. The zero-order valence-corrected chi connectivity index (χ0v) is 12.4. The van der Waals surface area contributed by atoms with Gasteiger partial charge < -0.3 is 5.11 Å². The van der Waals surface area contributed by atoms with Gasteiger partial charge in [0.15, 0.2) is 0 Å². The van der Waals surface area contributed by atoms with Crippen LogP contribution in [0, 0.1) is 17.2 Å². The van der Waals surface area contributed by atoms with E-state index >= 15 is 0 Å². The smallest absolute Gasteiger partial charge is 0.322 e. The molecule has 6 nitrogen and oxygen atoms in total. The molecule has 0 spiro atoms. The number of sulfonamides is 1. The van der Waals surface area contributed by atoms with E-state index < -0.39 is 22.0 Å². The van der Waals surface area contributed by atoms with Crippen molar-refractivity contribution in [1.82, 2.24) is 4.31 Å². The molecular formula is C14H16N2O4S. The van der Waals surface area contributed by atoms with Gasteiger partial charge in [-0.25, -0.2) is 8.42 Å². The van der Waals surface area contributed by atoms with Gasteiger partial charge in [0.2, 0.25) is 10.0 Å². The summed E-state index contributed by atoms with van der Waals surface area (Å²) in [6, 6.07) is 6.38. The van der Waals surface area contributed by atoms with Crippen molar-refractivity contribution in [1.29, 1.82) is 5.26 Å². The summed E-state index contributed by atoms with van der Waals surface area (Å²) < 4.78 is 26.3. The van der Waals surface area contributed by atoms with Gasteiger partial charge in [-0.1, -0.05) is 6.92 Å². The van der Waals surface area contributed by atoms with Gasteiger partial charge in [0.05, 0.1) is 16.5 Å². The SMILES string of the molecule is CC1CCCN(S(=O)(=O)c2ccc(C#N)cc2)C1C(=O)O. The lowest BCUT2D eigenvalue weighted by Crippen LogP contribution is -2.51. The Labute approximate surface area is 123 Å². The third-order valence-electron chi connectivity index (χ3n) is 3.73. The molecule has 0 saturated carbocycles. The minimum atomic E-state index is -3.87. The molecule has 21 heavy (non-hydrogen) atoms. The number of carbonyl (C=O) groups is 1. The molecule has 1 saturated heterocycles. The van der Waals surface area contributed by atoms with Crippen molar-refractivity contribution in [3.05, 3.63) is 29.8 Å². The van der Waals surface area contributed by atoms with Crippen LogP contribution in [-0.2, 0) is 14.8 Å². The van der Waals surface area contributed by atoms with Crippen LogP contribution in [0.25, 0.3) is 0 Å². The lowest BCUT2D eigenvalue weighted by molar-refractivity contribution is -0.144. The second kappa shape index (κ2) is 5.84. The average Bonchev–Trinajstić information content (AvgIpc) is 2.46. The first kappa shape index (κ1) is 15.5. The number of nitriles is 1. The summed E-state index contributed by atoms with van der Waals surface area (Å²) >= 11 is 0. The molecule has 1 heterocycles. The summed E-state index contributed by atoms with van der Waals surface area (Å²) in [7, 11) is -3.87. The monoisotopic (exact) mass is 308 g/mol. The number of hydrogen-bond donors (Lipinski definition) is 1. The molecule has 0 bridgehead atoms. The Kier molecular flexibility index (Phi) is 4.30. The van der Waals surface area contributed by atoms with Crippen molar-refractivity contribution >= 4 is 16.0 Å². The third kappa shape index (κ3) is 2.91. The van der Waals surface area contributed by atoms with Gasteiger partial charge in [-0.15, -0.1) is 0 Å². The first-order chi connectivity index (χ1) is 9.87. The minimum Gasteiger partial charge on any atom is -0.480 e. The second-order valence-corrected chi connectivity index (χ2v) is 7.05. The van der Waals surface area contributed by atoms with Crippen LogP contribution in [0.15, 0.2) is 29.2 Å². The normalized spacial score (nSPS) is 23.4. The molecular weight excluding hydrogens is 292 g/mol. The van der Waals surface area contributed by atoms with Gasteiger partial charge in [-0.3, -0.25) is 4.79 Å². The van der Waals surface area contributed by atoms with Crippen LogP contribution in [0.1, 0.15) is 25.3 Å². The average molecular weight is 308 g/mol. The topological polar surface area (TPSA) is 98.5 Å². The molecule has 0 aliphatic carbocycles. The number of benzene rings is 1. The fourth-order valence-electron chi connectivity index (χ4n) is 2.62. The molecule has 1 aromatic rings. The lowest BCUT2D eigenvalue weighted by atomic mass is 9.93. The summed E-state index contributed by atoms with van der Waals surface area (Å²) in [6.45, 7) is 1.95. The number of carboxylic acid groups (broad SMARTS) is 1. The largest absolute Gasteiger partial charge is 0.480 e. The van der Waals surface area contributed by atoms with E-state index in [1.807, 2.05) is 6.07 Å². The second-order valence-electron chi connectivity index (χ2n) is 5.15. The van der Waals surface area contributed by atoms with Crippen molar-refractivity contribution in [3.63, 3.8) is 0 Å². The van der Waals surface area contributed by atoms with Crippen LogP contribution in [-0.4, -0.2) is 36.4 Å². The molecule has 112 valence electrons. The molecule has 0 amide bonds. The van der Waals surface area contributed by atoms with Gasteiger partial charge in [-0.05, 0) is 43.0 Å². The molecule has 0 radical (unpaired) electrons. The first-order valence-electron chi connectivity index (χ1n) is 6.62. The fraction of sp³-hybridized carbons (Fsp3) is 0.429. The Morgan fingerprint density at radius 3 is 2.52 bits per heavy atom. The molecule has 1 N–H and O–H groups in total. The van der Waals surface area contributed by atoms with E-state index in [0.29, 0.717) is 18.4 Å². The van der Waals surface area contributed by atoms with E-state index in [-0.39, 0.29) is 17.4 Å². The van der Waals surface area contributed by atoms with E-state index in [4.69, 9.17) is 5.26 Å². The molecule has 2 unspecified atom stereocenters. The van der Waals surface area contributed by atoms with Gasteiger partial charge in [0, 0.05) is 6.54 Å². The number of hydrogen-bond acceptors (Lipinski definition) is 4. The van der Waals surface area contributed by atoms with Crippen molar-refractivity contribution in [2.45, 2.75) is 30.7 Å². The Balaban J connectivity index is 2.41. The third-order valence-corrected chi connectivity index (χ3v) is 5.63. The predicted molar refractivity (Wildman–Crippen MR) is 74.9 cm³/mol. The number of carboxylic acids is 1. The lowest BCUT2D eigenvalue weighted by Gasteiger charge is -2.36. The van der Waals surface area contributed by atoms with Crippen LogP contribution >= 0.6 is 0 Å². The molecule has 2 rings (SSSR count). The Morgan fingerprint density at radius 1 is 1.38 bits per heavy atom. The van der Waals surface area contributed by atoms with Gasteiger partial charge in [0.1, 0.15) is 6.04 Å². The molecule has 1 aromatic carbocycles. The standard InChI is InChI=1S/C14H16N2O4S/c1-10-3-2-8-16(13(10)14(17)18)21(19,20)12-6-4-11(9-15)5-7-12/h4-7,10,13H,2-3,8H2,1H3,(H,17,18). The maximum absolute atomic E-state index is 12.6. The highest BCUT2D eigenvalue weighted by molar-refractivity contribution is 7.89. The minimum absolute atomic E-state index is 0.0156. The van der Waals surface area contributed by atoms with Crippen LogP contribution in [0.4, 0.5) is 0 Å². The Morgan fingerprint density at radius 2 is 2.00 bits per heavy atom. The zero-order valence-electron chi connectivity index (χ0n) is 11.6. The van der Waals surface area contributed by atoms with Crippen LogP contribution in [0.5, 0.6) is 0 Å². The summed E-state index contributed by atoms with van der Waals surface area (Å²) in [6.07, 6.45) is 1.33. The van der Waals surface area contributed by atoms with Crippen molar-refractivity contribution < 1.29 is 18.3 Å². The number of piperidine rings is 1. The van der Waals surface area contributed by atoms with E-state index in [1.165, 1.54) is 24.3 Å². The summed E-state index contributed by atoms with van der Waals surface area (Å²) in [5, 5.41) is 18.1. The zero-order chi connectivity index (χ0) is 15.6. The predicted octanol–water partition coefficient (Wildman–Crippen LogP) is 1.43. The van der Waals surface area contributed by atoms with E-state index in [0.717, 1.165) is 4.31 Å². The fourth-order valence-corrected chi connectivity index (χ4v) is 4.34. The van der Waals surface area contributed by atoms with Gasteiger partial charge in [0.25, 0.3) is 0 Å². The maximum Gasteiger partial charge on any atom is 0.322 e. The molecule has 1 aliphatic heterocycles. The quantitative estimate of drug-likeness (QED) is 0.910. The summed E-state index contributed by atoms with van der Waals surface area (Å²) in [5.41, 5.74) is 0.357. The summed E-state index contributed by atoms with van der Waals surface area (Å²) in [5.74, 6) is -1.36. The first-order valence-corrected chi connectivity index (χ1v) is 8.06. The van der Waals surface area contributed by atoms with Gasteiger partial charge in [-0.2, -0.15) is 9.57 Å². The van der Waals surface area contributed by atoms with Crippen LogP contribution < -0.4 is 0 Å². The highest BCUT2D eigenvalue weighted by atomic mass is 32.2. The molecule has 0 aromatic heterocycles. The van der Waals surface area contributed by atoms with Crippen LogP contribution in [0.2, 0.25) is 0 Å². The van der Waals surface area contributed by atoms with E-state index in [2.05, 4.69) is 0 Å². The molecule has 7 heteroatoms. The Hall–Kier alpha value is -1.91. The summed E-state index contributed by atoms with van der Waals surface area (Å²) in [4.78, 5) is 11.4. The van der Waals surface area contributed by atoms with Crippen molar-refractivity contribution in [3.8, 4) is 6.07 Å².